The zero-order valence-electron chi connectivity index (χ0n) is 11.9. The Hall–Kier alpha value is -0.490. The first kappa shape index (κ1) is 16.9. The highest BCUT2D eigenvalue weighted by Crippen LogP contribution is 2.33. The topological polar surface area (TPSA) is 72.2 Å². The summed E-state index contributed by atoms with van der Waals surface area (Å²) in [6.45, 7) is 1.90. The number of anilines is 1. The van der Waals surface area contributed by atoms with Gasteiger partial charge in [0.25, 0.3) is 0 Å². The van der Waals surface area contributed by atoms with Gasteiger partial charge >= 0.3 is 0 Å². The van der Waals surface area contributed by atoms with Gasteiger partial charge in [0.2, 0.25) is 10.0 Å². The minimum atomic E-state index is -3.76. The molecule has 0 heterocycles. The van der Waals surface area contributed by atoms with Crippen LogP contribution in [0, 0.1) is 5.92 Å². The Morgan fingerprint density at radius 3 is 2.24 bits per heavy atom. The number of hydrogen-bond donors (Lipinski definition) is 2. The van der Waals surface area contributed by atoms with Crippen molar-refractivity contribution in [2.24, 2.45) is 5.92 Å². The van der Waals surface area contributed by atoms with E-state index in [0.29, 0.717) is 11.6 Å². The number of benzene rings is 1. The molecule has 0 spiro atoms. The molecule has 0 aromatic heterocycles. The fourth-order valence-electron chi connectivity index (χ4n) is 2.87. The Kier molecular flexibility index (Phi) is 5.41. The number of hydrogen-bond acceptors (Lipinski definition) is 3. The van der Waals surface area contributed by atoms with Gasteiger partial charge in [-0.1, -0.05) is 42.5 Å². The van der Waals surface area contributed by atoms with Crippen LogP contribution in [-0.2, 0) is 10.0 Å². The quantitative estimate of drug-likeness (QED) is 0.810. The van der Waals surface area contributed by atoms with Crippen LogP contribution in [0.4, 0.5) is 5.69 Å². The van der Waals surface area contributed by atoms with Crippen molar-refractivity contribution in [3.8, 4) is 0 Å². The van der Waals surface area contributed by atoms with Crippen LogP contribution in [0.5, 0.6) is 0 Å². The summed E-state index contributed by atoms with van der Waals surface area (Å²) in [5.74, 6) is 0.361. The third-order valence-corrected chi connectivity index (χ3v) is 6.47. The molecule has 4 nitrogen and oxygen atoms in total. The summed E-state index contributed by atoms with van der Waals surface area (Å²) in [4.78, 5) is -0.0947. The van der Waals surface area contributed by atoms with Crippen molar-refractivity contribution in [3.05, 3.63) is 22.2 Å². The van der Waals surface area contributed by atoms with Crippen LogP contribution in [-0.4, -0.2) is 14.5 Å². The lowest BCUT2D eigenvalue weighted by Gasteiger charge is -2.28. The highest BCUT2D eigenvalue weighted by molar-refractivity contribution is 7.89. The normalized spacial score (nSPS) is 18.6. The van der Waals surface area contributed by atoms with Gasteiger partial charge in [-0.2, -0.15) is 0 Å². The Balaban J connectivity index is 2.22. The lowest BCUT2D eigenvalue weighted by Crippen LogP contribution is -2.39. The summed E-state index contributed by atoms with van der Waals surface area (Å²) in [7, 11) is -3.76. The Labute approximate surface area is 136 Å². The van der Waals surface area contributed by atoms with E-state index in [0.717, 1.165) is 25.7 Å². The SMILES string of the molecule is CC(NS(=O)(=O)c1c(Cl)cc(N)cc1Cl)C1CCCCC1. The van der Waals surface area contributed by atoms with Gasteiger partial charge in [0.1, 0.15) is 4.90 Å². The maximum Gasteiger partial charge on any atom is 0.243 e. The molecule has 0 saturated heterocycles. The largest absolute Gasteiger partial charge is 0.399 e. The van der Waals surface area contributed by atoms with Crippen molar-refractivity contribution in [2.45, 2.75) is 50.0 Å². The van der Waals surface area contributed by atoms with Gasteiger partial charge in [-0.3, -0.25) is 0 Å². The molecule has 1 atom stereocenters. The summed E-state index contributed by atoms with van der Waals surface area (Å²) in [5.41, 5.74) is 5.94. The van der Waals surface area contributed by atoms with E-state index in [1.54, 1.807) is 0 Å². The molecule has 1 aromatic rings. The third kappa shape index (κ3) is 4.03. The molecular weight excluding hydrogens is 331 g/mol. The first-order valence-electron chi connectivity index (χ1n) is 7.08. The molecule has 1 unspecified atom stereocenters. The minimum Gasteiger partial charge on any atom is -0.399 e. The number of halogens is 2. The Morgan fingerprint density at radius 1 is 1.19 bits per heavy atom. The van der Waals surface area contributed by atoms with Crippen LogP contribution in [0.1, 0.15) is 39.0 Å². The second kappa shape index (κ2) is 6.73. The molecule has 1 aliphatic carbocycles. The van der Waals surface area contributed by atoms with E-state index in [2.05, 4.69) is 4.72 Å². The van der Waals surface area contributed by atoms with Crippen LogP contribution < -0.4 is 10.5 Å². The maximum atomic E-state index is 12.5. The molecule has 0 bridgehead atoms. The molecule has 7 heteroatoms. The minimum absolute atomic E-state index is 0.0448. The van der Waals surface area contributed by atoms with E-state index < -0.39 is 10.0 Å². The van der Waals surface area contributed by atoms with Crippen molar-refractivity contribution in [1.82, 2.24) is 4.72 Å². The molecular formula is C14H20Cl2N2O2S. The van der Waals surface area contributed by atoms with Crippen molar-refractivity contribution in [2.75, 3.05) is 5.73 Å². The highest BCUT2D eigenvalue weighted by atomic mass is 35.5. The molecule has 3 N–H and O–H groups in total. The average molecular weight is 351 g/mol. The van der Waals surface area contributed by atoms with E-state index in [1.165, 1.54) is 18.6 Å². The molecule has 0 aliphatic heterocycles. The van der Waals surface area contributed by atoms with E-state index in [4.69, 9.17) is 28.9 Å². The molecule has 21 heavy (non-hydrogen) atoms. The molecule has 1 saturated carbocycles. The molecule has 0 amide bonds. The summed E-state index contributed by atoms with van der Waals surface area (Å²) in [6, 6.07) is 2.65. The zero-order chi connectivity index (χ0) is 15.6. The van der Waals surface area contributed by atoms with Gasteiger partial charge in [0.05, 0.1) is 10.0 Å². The highest BCUT2D eigenvalue weighted by Gasteiger charge is 2.28. The molecule has 1 fully saturated rings. The van der Waals surface area contributed by atoms with Crippen molar-refractivity contribution in [3.63, 3.8) is 0 Å². The van der Waals surface area contributed by atoms with Crippen molar-refractivity contribution < 1.29 is 8.42 Å². The van der Waals surface area contributed by atoms with Crippen LogP contribution >= 0.6 is 23.2 Å². The molecule has 1 aromatic carbocycles. The Bertz CT molecular complexity index is 590. The van der Waals surface area contributed by atoms with E-state index in [-0.39, 0.29) is 21.0 Å². The van der Waals surface area contributed by atoms with Gasteiger partial charge < -0.3 is 5.73 Å². The molecule has 2 rings (SSSR count). The first-order chi connectivity index (χ1) is 9.81. The average Bonchev–Trinajstić information content (AvgIpc) is 2.37. The second-order valence-electron chi connectivity index (χ2n) is 5.62. The number of nitrogens with two attached hydrogens (primary N) is 1. The van der Waals surface area contributed by atoms with Crippen molar-refractivity contribution >= 4 is 38.9 Å². The predicted molar refractivity (Wildman–Crippen MR) is 87.2 cm³/mol. The lowest BCUT2D eigenvalue weighted by molar-refractivity contribution is 0.303. The molecule has 0 radical (unpaired) electrons. The first-order valence-corrected chi connectivity index (χ1v) is 9.32. The van der Waals surface area contributed by atoms with Crippen LogP contribution in [0.3, 0.4) is 0 Å². The van der Waals surface area contributed by atoms with E-state index in [9.17, 15) is 8.42 Å². The third-order valence-electron chi connectivity index (χ3n) is 3.99. The summed E-state index contributed by atoms with van der Waals surface area (Å²) in [6.07, 6.45) is 5.63. The predicted octanol–water partition coefficient (Wildman–Crippen LogP) is 3.82. The van der Waals surface area contributed by atoms with Gasteiger partial charge in [0, 0.05) is 11.7 Å². The number of nitrogen functional groups attached to an aromatic ring is 1. The van der Waals surface area contributed by atoms with E-state index in [1.807, 2.05) is 6.92 Å². The van der Waals surface area contributed by atoms with Crippen molar-refractivity contribution in [1.29, 1.82) is 0 Å². The summed E-state index contributed by atoms with van der Waals surface area (Å²) in [5, 5.41) is 0.0895. The van der Waals surface area contributed by atoms with Gasteiger partial charge in [-0.05, 0) is 37.8 Å². The smallest absolute Gasteiger partial charge is 0.243 e. The fourth-order valence-corrected chi connectivity index (χ4v) is 5.41. The maximum absolute atomic E-state index is 12.5. The summed E-state index contributed by atoms with van der Waals surface area (Å²) >= 11 is 12.0. The Morgan fingerprint density at radius 2 is 1.71 bits per heavy atom. The van der Waals surface area contributed by atoms with Gasteiger partial charge in [-0.25, -0.2) is 13.1 Å². The monoisotopic (exact) mass is 350 g/mol. The lowest BCUT2D eigenvalue weighted by atomic mass is 9.85. The van der Waals surface area contributed by atoms with Crippen LogP contribution in [0.2, 0.25) is 10.0 Å². The van der Waals surface area contributed by atoms with E-state index >= 15 is 0 Å². The number of rotatable bonds is 4. The second-order valence-corrected chi connectivity index (χ2v) is 8.09. The molecule has 1 aliphatic rings. The van der Waals surface area contributed by atoms with Crippen LogP contribution in [0.15, 0.2) is 17.0 Å². The number of sulfonamides is 1. The van der Waals surface area contributed by atoms with Crippen LogP contribution in [0.25, 0.3) is 0 Å². The van der Waals surface area contributed by atoms with Gasteiger partial charge in [-0.15, -0.1) is 0 Å². The fraction of sp³-hybridized carbons (Fsp3) is 0.571. The molecule has 118 valence electrons. The summed E-state index contributed by atoms with van der Waals surface area (Å²) < 4.78 is 27.7. The van der Waals surface area contributed by atoms with Gasteiger partial charge in [0.15, 0.2) is 0 Å². The number of nitrogens with one attached hydrogen (secondary N) is 1. The standard InChI is InChI=1S/C14H20Cl2N2O2S/c1-9(10-5-3-2-4-6-10)18-21(19,20)14-12(15)7-11(17)8-13(14)16/h7-10,18H,2-6,17H2,1H3. The zero-order valence-corrected chi connectivity index (χ0v) is 14.2.